The van der Waals surface area contributed by atoms with Gasteiger partial charge in [0.15, 0.2) is 5.13 Å². The summed E-state index contributed by atoms with van der Waals surface area (Å²) in [7, 11) is 5.64. The molecule has 0 N–H and O–H groups in total. The summed E-state index contributed by atoms with van der Waals surface area (Å²) in [4.78, 5) is 22.4. The number of benzene rings is 2. The first kappa shape index (κ1) is 21.5. The summed E-state index contributed by atoms with van der Waals surface area (Å²) in [6.07, 6.45) is 0.830. The van der Waals surface area contributed by atoms with Gasteiger partial charge in [-0.3, -0.25) is 9.69 Å². The third-order valence-electron chi connectivity index (χ3n) is 4.28. The molecule has 0 spiro atoms. The first-order valence-corrected chi connectivity index (χ1v) is 11.0. The number of thiazole rings is 1. The molecule has 0 fully saturated rings. The monoisotopic (exact) mass is 433 g/mol. The molecule has 1 aromatic heterocycles. The second kappa shape index (κ2) is 10.0. The van der Waals surface area contributed by atoms with Gasteiger partial charge in [0.2, 0.25) is 5.91 Å². The van der Waals surface area contributed by atoms with Crippen LogP contribution in [-0.2, 0) is 4.79 Å². The van der Waals surface area contributed by atoms with Gasteiger partial charge in [0, 0.05) is 11.4 Å². The Kier molecular flexibility index (Phi) is 7.46. The Morgan fingerprint density at radius 2 is 1.93 bits per heavy atom. The fourth-order valence-electron chi connectivity index (χ4n) is 2.77. The molecule has 2 aromatic carbocycles. The van der Waals surface area contributed by atoms with E-state index in [1.54, 1.807) is 18.1 Å². The predicted molar refractivity (Wildman–Crippen MR) is 119 cm³/mol. The number of hydrogen-bond acceptors (Lipinski definition) is 6. The van der Waals surface area contributed by atoms with Crippen LogP contribution in [0.1, 0.15) is 6.42 Å². The molecule has 1 heterocycles. The summed E-state index contributed by atoms with van der Waals surface area (Å²) in [5.74, 6) is 0.781. The van der Waals surface area contributed by atoms with E-state index in [-0.39, 0.29) is 11.7 Å². The van der Waals surface area contributed by atoms with Gasteiger partial charge in [-0.15, -0.1) is 11.8 Å². The molecule has 0 aliphatic carbocycles. The van der Waals surface area contributed by atoms with Crippen molar-refractivity contribution in [2.45, 2.75) is 11.3 Å². The van der Waals surface area contributed by atoms with E-state index < -0.39 is 0 Å². The van der Waals surface area contributed by atoms with E-state index >= 15 is 0 Å². The lowest BCUT2D eigenvalue weighted by Gasteiger charge is -2.21. The third-order valence-corrected chi connectivity index (χ3v) is 6.32. The molecular weight excluding hydrogens is 409 g/mol. The van der Waals surface area contributed by atoms with Crippen molar-refractivity contribution in [3.8, 4) is 5.75 Å². The molecule has 0 radical (unpaired) electrons. The Balaban J connectivity index is 1.74. The van der Waals surface area contributed by atoms with Gasteiger partial charge in [0.25, 0.3) is 0 Å². The second-order valence-electron chi connectivity index (χ2n) is 6.77. The summed E-state index contributed by atoms with van der Waals surface area (Å²) in [5.41, 5.74) is 0.708. The highest BCUT2D eigenvalue weighted by Gasteiger charge is 2.20. The number of halogens is 1. The van der Waals surface area contributed by atoms with Crippen LogP contribution in [0.5, 0.6) is 5.75 Å². The van der Waals surface area contributed by atoms with Crippen molar-refractivity contribution < 1.29 is 13.9 Å². The van der Waals surface area contributed by atoms with Crippen LogP contribution < -0.4 is 9.64 Å². The SMILES string of the molecule is COc1ccc(SCC(=O)N(CCCN(C)C)c2nc3ccc(F)cc3s2)cc1. The molecule has 0 saturated carbocycles. The lowest BCUT2D eigenvalue weighted by molar-refractivity contribution is -0.116. The van der Waals surface area contributed by atoms with Crippen molar-refractivity contribution in [2.75, 3.05) is 44.9 Å². The number of carbonyl (C=O) groups is 1. The van der Waals surface area contributed by atoms with Gasteiger partial charge >= 0.3 is 0 Å². The van der Waals surface area contributed by atoms with E-state index in [0.717, 1.165) is 28.3 Å². The molecule has 3 aromatic rings. The maximum Gasteiger partial charge on any atom is 0.239 e. The molecule has 0 bridgehead atoms. The second-order valence-corrected chi connectivity index (χ2v) is 8.83. The average Bonchev–Trinajstić information content (AvgIpc) is 3.12. The fraction of sp³-hybridized carbons (Fsp3) is 0.333. The number of hydrogen-bond donors (Lipinski definition) is 0. The molecule has 0 aliphatic rings. The quantitative estimate of drug-likeness (QED) is 0.464. The number of rotatable bonds is 9. The molecule has 29 heavy (non-hydrogen) atoms. The average molecular weight is 434 g/mol. The van der Waals surface area contributed by atoms with Crippen molar-refractivity contribution >= 4 is 44.4 Å². The van der Waals surface area contributed by atoms with Crippen molar-refractivity contribution in [3.63, 3.8) is 0 Å². The topological polar surface area (TPSA) is 45.7 Å². The molecule has 0 aliphatic heterocycles. The van der Waals surface area contributed by atoms with Crippen LogP contribution in [0, 0.1) is 5.82 Å². The third kappa shape index (κ3) is 5.91. The van der Waals surface area contributed by atoms with Crippen molar-refractivity contribution in [1.29, 1.82) is 0 Å². The number of thioether (sulfide) groups is 1. The first-order chi connectivity index (χ1) is 14.0. The van der Waals surface area contributed by atoms with Gasteiger partial charge < -0.3 is 9.64 Å². The molecule has 0 atom stereocenters. The van der Waals surface area contributed by atoms with Crippen LogP contribution in [0.25, 0.3) is 10.2 Å². The minimum atomic E-state index is -0.298. The Bertz CT molecular complexity index is 960. The zero-order valence-electron chi connectivity index (χ0n) is 16.7. The van der Waals surface area contributed by atoms with E-state index in [2.05, 4.69) is 9.88 Å². The summed E-state index contributed by atoms with van der Waals surface area (Å²) >= 11 is 2.83. The fourth-order valence-corrected chi connectivity index (χ4v) is 4.58. The number of aromatic nitrogens is 1. The molecule has 0 unspecified atom stereocenters. The predicted octanol–water partition coefficient (Wildman–Crippen LogP) is 4.52. The van der Waals surface area contributed by atoms with Crippen LogP contribution >= 0.6 is 23.1 Å². The number of ether oxygens (including phenoxy) is 1. The van der Waals surface area contributed by atoms with Crippen molar-refractivity contribution in [3.05, 3.63) is 48.3 Å². The highest BCUT2D eigenvalue weighted by molar-refractivity contribution is 8.00. The Morgan fingerprint density at radius 3 is 2.62 bits per heavy atom. The summed E-state index contributed by atoms with van der Waals surface area (Å²) in [5, 5.41) is 0.615. The number of nitrogens with zero attached hydrogens (tertiary/aromatic N) is 3. The number of carbonyl (C=O) groups excluding carboxylic acids is 1. The molecule has 0 saturated heterocycles. The van der Waals surface area contributed by atoms with Gasteiger partial charge in [-0.2, -0.15) is 0 Å². The number of fused-ring (bicyclic) bond motifs is 1. The molecular formula is C21H24FN3O2S2. The summed E-state index contributed by atoms with van der Waals surface area (Å²) < 4.78 is 19.5. The Hall–Kier alpha value is -2.16. The van der Waals surface area contributed by atoms with E-state index in [1.165, 1.54) is 35.2 Å². The van der Waals surface area contributed by atoms with Crippen molar-refractivity contribution in [2.24, 2.45) is 0 Å². The van der Waals surface area contributed by atoms with Crippen LogP contribution in [0.2, 0.25) is 0 Å². The summed E-state index contributed by atoms with van der Waals surface area (Å²) in [6.45, 7) is 1.44. The highest BCUT2D eigenvalue weighted by Crippen LogP contribution is 2.30. The molecule has 5 nitrogen and oxygen atoms in total. The minimum absolute atomic E-state index is 0.0101. The van der Waals surface area contributed by atoms with E-state index in [1.807, 2.05) is 38.4 Å². The van der Waals surface area contributed by atoms with Crippen molar-refractivity contribution in [1.82, 2.24) is 9.88 Å². The Morgan fingerprint density at radius 1 is 1.17 bits per heavy atom. The number of methoxy groups -OCH3 is 1. The minimum Gasteiger partial charge on any atom is -0.497 e. The maximum atomic E-state index is 13.5. The zero-order valence-corrected chi connectivity index (χ0v) is 18.4. The van der Waals surface area contributed by atoms with Crippen LogP contribution in [0.3, 0.4) is 0 Å². The lowest BCUT2D eigenvalue weighted by Crippen LogP contribution is -2.34. The van der Waals surface area contributed by atoms with E-state index in [0.29, 0.717) is 22.9 Å². The molecule has 154 valence electrons. The number of anilines is 1. The van der Waals surface area contributed by atoms with Gasteiger partial charge in [-0.1, -0.05) is 11.3 Å². The largest absolute Gasteiger partial charge is 0.497 e. The normalized spacial score (nSPS) is 11.2. The molecule has 3 rings (SSSR count). The summed E-state index contributed by atoms with van der Waals surface area (Å²) in [6, 6.07) is 12.1. The zero-order chi connectivity index (χ0) is 20.8. The van der Waals surface area contributed by atoms with Gasteiger partial charge in [-0.25, -0.2) is 9.37 Å². The Labute approximate surface area is 178 Å². The molecule has 8 heteroatoms. The molecule has 1 amide bonds. The van der Waals surface area contributed by atoms with Gasteiger partial charge in [0.1, 0.15) is 11.6 Å². The smallest absolute Gasteiger partial charge is 0.239 e. The highest BCUT2D eigenvalue weighted by atomic mass is 32.2. The number of amides is 1. The van der Waals surface area contributed by atoms with E-state index in [9.17, 15) is 9.18 Å². The van der Waals surface area contributed by atoms with Gasteiger partial charge in [0.05, 0.1) is 23.1 Å². The standard InChI is InChI=1S/C21H24FN3O2S2/c1-24(2)11-4-12-25(21-23-18-10-5-15(22)13-19(18)29-21)20(26)14-28-17-8-6-16(27-3)7-9-17/h5-10,13H,4,11-12,14H2,1-3H3. The van der Waals surface area contributed by atoms with Crippen LogP contribution in [0.15, 0.2) is 47.4 Å². The van der Waals surface area contributed by atoms with Crippen LogP contribution in [0.4, 0.5) is 9.52 Å². The van der Waals surface area contributed by atoms with E-state index in [4.69, 9.17) is 4.74 Å². The first-order valence-electron chi connectivity index (χ1n) is 9.24. The maximum absolute atomic E-state index is 13.5. The lowest BCUT2D eigenvalue weighted by atomic mass is 10.3. The van der Waals surface area contributed by atoms with Gasteiger partial charge in [-0.05, 0) is 69.5 Å². The van der Waals surface area contributed by atoms with Crippen LogP contribution in [-0.4, -0.2) is 55.8 Å².